The molecular weight excluding hydrogens is 244 g/mol. The zero-order valence-electron chi connectivity index (χ0n) is 12.9. The van der Waals surface area contributed by atoms with Gasteiger partial charge in [-0.3, -0.25) is 0 Å². The second-order valence-electron chi connectivity index (χ2n) is 5.64. The molecule has 2 heteroatoms. The van der Waals surface area contributed by atoms with Gasteiger partial charge in [0.15, 0.2) is 0 Å². The van der Waals surface area contributed by atoms with Crippen LogP contribution in [0.3, 0.4) is 0 Å². The molecule has 0 aliphatic carbocycles. The van der Waals surface area contributed by atoms with Crippen LogP contribution in [-0.2, 0) is 6.42 Å². The average Bonchev–Trinajstić information content (AvgIpc) is 2.40. The molecule has 2 aromatic rings. The number of hydrogen-bond acceptors (Lipinski definition) is 2. The maximum atomic E-state index is 5.89. The largest absolute Gasteiger partial charge is 0.344 e. The Bertz CT molecular complexity index is 588. The van der Waals surface area contributed by atoms with Crippen molar-refractivity contribution in [3.05, 3.63) is 59.2 Å². The summed E-state index contributed by atoms with van der Waals surface area (Å²) in [6.07, 6.45) is 0.931. The van der Waals surface area contributed by atoms with Gasteiger partial charge in [-0.2, -0.15) is 0 Å². The molecule has 0 saturated carbocycles. The van der Waals surface area contributed by atoms with Gasteiger partial charge in [0.2, 0.25) is 0 Å². The SMILES string of the molecule is Cc1cc(N(C)c2ccccc2C)ccc1CC(C)N. The minimum atomic E-state index is 0.202. The Morgan fingerprint density at radius 1 is 1.05 bits per heavy atom. The van der Waals surface area contributed by atoms with Gasteiger partial charge in [-0.25, -0.2) is 0 Å². The van der Waals surface area contributed by atoms with Crippen LogP contribution in [0.4, 0.5) is 11.4 Å². The van der Waals surface area contributed by atoms with E-state index in [2.05, 4.69) is 68.3 Å². The molecule has 0 aromatic heterocycles. The first kappa shape index (κ1) is 14.6. The van der Waals surface area contributed by atoms with Crippen LogP contribution < -0.4 is 10.6 Å². The molecule has 0 fully saturated rings. The summed E-state index contributed by atoms with van der Waals surface area (Å²) < 4.78 is 0. The second kappa shape index (κ2) is 6.10. The zero-order valence-corrected chi connectivity index (χ0v) is 12.9. The first-order valence-corrected chi connectivity index (χ1v) is 7.13. The molecule has 2 rings (SSSR count). The standard InChI is InChI=1S/C18H24N2/c1-13-7-5-6-8-18(13)20(4)17-10-9-16(12-15(3)19)14(2)11-17/h5-11,15H,12,19H2,1-4H3. The van der Waals surface area contributed by atoms with E-state index in [0.717, 1.165) is 6.42 Å². The second-order valence-corrected chi connectivity index (χ2v) is 5.64. The van der Waals surface area contributed by atoms with Gasteiger partial charge in [0.05, 0.1) is 0 Å². The van der Waals surface area contributed by atoms with Crippen molar-refractivity contribution < 1.29 is 0 Å². The minimum absolute atomic E-state index is 0.202. The number of nitrogens with two attached hydrogens (primary N) is 1. The molecular formula is C18H24N2. The van der Waals surface area contributed by atoms with Crippen LogP contribution in [0.2, 0.25) is 0 Å². The summed E-state index contributed by atoms with van der Waals surface area (Å²) >= 11 is 0. The molecule has 0 amide bonds. The fraction of sp³-hybridized carbons (Fsp3) is 0.333. The number of hydrogen-bond donors (Lipinski definition) is 1. The summed E-state index contributed by atoms with van der Waals surface area (Å²) in [5.41, 5.74) is 12.3. The summed E-state index contributed by atoms with van der Waals surface area (Å²) in [4.78, 5) is 2.23. The van der Waals surface area contributed by atoms with E-state index in [1.165, 1.54) is 28.1 Å². The number of benzene rings is 2. The Hall–Kier alpha value is -1.80. The van der Waals surface area contributed by atoms with Gasteiger partial charge in [0.1, 0.15) is 0 Å². The van der Waals surface area contributed by atoms with Crippen LogP contribution in [-0.4, -0.2) is 13.1 Å². The van der Waals surface area contributed by atoms with Crippen LogP contribution in [0.1, 0.15) is 23.6 Å². The molecule has 0 bridgehead atoms. The molecule has 0 aliphatic rings. The van der Waals surface area contributed by atoms with Crippen LogP contribution >= 0.6 is 0 Å². The third-order valence-corrected chi connectivity index (χ3v) is 3.73. The summed E-state index contributed by atoms with van der Waals surface area (Å²) in [5.74, 6) is 0. The maximum Gasteiger partial charge on any atom is 0.0437 e. The zero-order chi connectivity index (χ0) is 14.7. The Balaban J connectivity index is 2.30. The van der Waals surface area contributed by atoms with E-state index in [1.807, 2.05) is 6.92 Å². The summed E-state index contributed by atoms with van der Waals surface area (Å²) in [7, 11) is 2.11. The maximum absolute atomic E-state index is 5.89. The average molecular weight is 268 g/mol. The van der Waals surface area contributed by atoms with Crippen LogP contribution in [0.15, 0.2) is 42.5 Å². The highest BCUT2D eigenvalue weighted by atomic mass is 15.1. The molecule has 2 aromatic carbocycles. The van der Waals surface area contributed by atoms with Crippen LogP contribution in [0.5, 0.6) is 0 Å². The van der Waals surface area contributed by atoms with Gasteiger partial charge in [-0.05, 0) is 62.1 Å². The van der Waals surface area contributed by atoms with Crippen LogP contribution in [0.25, 0.3) is 0 Å². The number of nitrogens with zero attached hydrogens (tertiary/aromatic N) is 1. The quantitative estimate of drug-likeness (QED) is 0.909. The normalized spacial score (nSPS) is 12.2. The Morgan fingerprint density at radius 3 is 2.35 bits per heavy atom. The predicted molar refractivity (Wildman–Crippen MR) is 87.8 cm³/mol. The highest BCUT2D eigenvalue weighted by molar-refractivity contribution is 5.66. The number of para-hydroxylation sites is 1. The van der Waals surface area contributed by atoms with E-state index in [1.54, 1.807) is 0 Å². The lowest BCUT2D eigenvalue weighted by molar-refractivity contribution is 0.735. The molecule has 2 N–H and O–H groups in total. The van der Waals surface area contributed by atoms with E-state index in [0.29, 0.717) is 0 Å². The Kier molecular flexibility index (Phi) is 4.46. The van der Waals surface area contributed by atoms with Crippen LogP contribution in [0, 0.1) is 13.8 Å². The van der Waals surface area contributed by atoms with E-state index >= 15 is 0 Å². The van der Waals surface area contributed by atoms with Crippen molar-refractivity contribution in [2.45, 2.75) is 33.2 Å². The number of rotatable bonds is 4. The Labute approximate surface area is 122 Å². The lowest BCUT2D eigenvalue weighted by Crippen LogP contribution is -2.18. The predicted octanol–water partition coefficient (Wildman–Crippen LogP) is 3.96. The third-order valence-electron chi connectivity index (χ3n) is 3.73. The van der Waals surface area contributed by atoms with Gasteiger partial charge in [-0.1, -0.05) is 24.3 Å². The molecule has 0 heterocycles. The summed E-state index contributed by atoms with van der Waals surface area (Å²) in [5, 5.41) is 0. The van der Waals surface area contributed by atoms with Crippen molar-refractivity contribution in [1.29, 1.82) is 0 Å². The van der Waals surface area contributed by atoms with Crippen molar-refractivity contribution in [2.24, 2.45) is 5.73 Å². The first-order chi connectivity index (χ1) is 9.49. The lowest BCUT2D eigenvalue weighted by Gasteiger charge is -2.23. The van der Waals surface area contributed by atoms with Gasteiger partial charge in [0.25, 0.3) is 0 Å². The van der Waals surface area contributed by atoms with Gasteiger partial charge < -0.3 is 10.6 Å². The molecule has 0 aliphatic heterocycles. The van der Waals surface area contributed by atoms with E-state index in [-0.39, 0.29) is 6.04 Å². The molecule has 0 saturated heterocycles. The highest BCUT2D eigenvalue weighted by Gasteiger charge is 2.09. The fourth-order valence-corrected chi connectivity index (χ4v) is 2.54. The molecule has 1 atom stereocenters. The molecule has 106 valence electrons. The van der Waals surface area contributed by atoms with Crippen molar-refractivity contribution in [3.8, 4) is 0 Å². The molecule has 1 unspecified atom stereocenters. The monoisotopic (exact) mass is 268 g/mol. The molecule has 0 spiro atoms. The molecule has 20 heavy (non-hydrogen) atoms. The Morgan fingerprint density at radius 2 is 1.75 bits per heavy atom. The summed E-state index contributed by atoms with van der Waals surface area (Å²) in [6, 6.07) is 15.3. The number of anilines is 2. The topological polar surface area (TPSA) is 29.3 Å². The van der Waals surface area contributed by atoms with E-state index in [4.69, 9.17) is 5.73 Å². The number of aryl methyl sites for hydroxylation is 2. The van der Waals surface area contributed by atoms with Crippen molar-refractivity contribution in [3.63, 3.8) is 0 Å². The van der Waals surface area contributed by atoms with Crippen molar-refractivity contribution in [2.75, 3.05) is 11.9 Å². The fourth-order valence-electron chi connectivity index (χ4n) is 2.54. The van der Waals surface area contributed by atoms with E-state index < -0.39 is 0 Å². The first-order valence-electron chi connectivity index (χ1n) is 7.13. The van der Waals surface area contributed by atoms with Gasteiger partial charge >= 0.3 is 0 Å². The molecule has 2 nitrogen and oxygen atoms in total. The van der Waals surface area contributed by atoms with Gasteiger partial charge in [0, 0.05) is 24.5 Å². The van der Waals surface area contributed by atoms with Gasteiger partial charge in [-0.15, -0.1) is 0 Å². The smallest absolute Gasteiger partial charge is 0.0437 e. The minimum Gasteiger partial charge on any atom is -0.344 e. The van der Waals surface area contributed by atoms with E-state index in [9.17, 15) is 0 Å². The lowest BCUT2D eigenvalue weighted by atomic mass is 10.0. The van der Waals surface area contributed by atoms with Crippen molar-refractivity contribution >= 4 is 11.4 Å². The molecule has 0 radical (unpaired) electrons. The third kappa shape index (κ3) is 3.20. The summed E-state index contributed by atoms with van der Waals surface area (Å²) in [6.45, 7) is 6.35. The highest BCUT2D eigenvalue weighted by Crippen LogP contribution is 2.28. The van der Waals surface area contributed by atoms with Crippen molar-refractivity contribution in [1.82, 2.24) is 0 Å².